The van der Waals surface area contributed by atoms with Gasteiger partial charge in [0.25, 0.3) is 0 Å². The van der Waals surface area contributed by atoms with Crippen LogP contribution in [0.3, 0.4) is 0 Å². The van der Waals surface area contributed by atoms with Crippen LogP contribution in [0.2, 0.25) is 0 Å². The second-order valence-corrected chi connectivity index (χ2v) is 6.66. The topological polar surface area (TPSA) is 74.7 Å². The molecule has 1 saturated carbocycles. The van der Waals surface area contributed by atoms with Crippen molar-refractivity contribution >= 4 is 16.0 Å². The van der Waals surface area contributed by atoms with Gasteiger partial charge in [0.15, 0.2) is 0 Å². The van der Waals surface area contributed by atoms with Gasteiger partial charge in [0.1, 0.15) is 10.7 Å². The highest BCUT2D eigenvalue weighted by Gasteiger charge is 2.38. The Bertz CT molecular complexity index is 625. The summed E-state index contributed by atoms with van der Waals surface area (Å²) in [4.78, 5) is 10.3. The molecule has 0 radical (unpaired) electrons. The maximum absolute atomic E-state index is 13.9. The van der Waals surface area contributed by atoms with Gasteiger partial charge >= 0.3 is 5.97 Å². The molecule has 0 amide bonds. The number of benzene rings is 1. The van der Waals surface area contributed by atoms with Crippen molar-refractivity contribution in [2.75, 3.05) is 6.54 Å². The highest BCUT2D eigenvalue weighted by Crippen LogP contribution is 2.33. The van der Waals surface area contributed by atoms with Crippen molar-refractivity contribution in [3.8, 4) is 0 Å². The normalized spacial score (nSPS) is 15.6. The number of rotatable bonds is 6. The number of carbonyl (C=O) groups is 1. The predicted octanol–water partition coefficient (Wildman–Crippen LogP) is 2.09. The average molecular weight is 301 g/mol. The fraction of sp³-hybridized carbons (Fsp3) is 0.462. The molecular weight excluding hydrogens is 285 g/mol. The SMILES string of the molecule is CCCN(C1CC1)S(=O)(=O)c1ccc(C(=O)O)cc1F. The zero-order valence-electron chi connectivity index (χ0n) is 11.0. The second-order valence-electron chi connectivity index (χ2n) is 4.80. The quantitative estimate of drug-likeness (QED) is 0.873. The second kappa shape index (κ2) is 5.49. The molecule has 0 spiro atoms. The first-order chi connectivity index (χ1) is 9.37. The van der Waals surface area contributed by atoms with E-state index in [1.54, 1.807) is 0 Å². The number of halogens is 1. The first kappa shape index (κ1) is 14.9. The van der Waals surface area contributed by atoms with Gasteiger partial charge in [-0.15, -0.1) is 0 Å². The summed E-state index contributed by atoms with van der Waals surface area (Å²) in [5, 5.41) is 8.77. The van der Waals surface area contributed by atoms with Crippen LogP contribution in [0.15, 0.2) is 23.1 Å². The standard InChI is InChI=1S/C13H16FNO4S/c1-2-7-15(10-4-5-10)20(18,19)12-6-3-9(13(16)17)8-11(12)14/h3,6,8,10H,2,4-5,7H2,1H3,(H,16,17). The van der Waals surface area contributed by atoms with E-state index in [-0.39, 0.29) is 11.6 Å². The minimum atomic E-state index is -3.91. The number of carboxylic acids is 1. The van der Waals surface area contributed by atoms with Crippen LogP contribution in [0.5, 0.6) is 0 Å². The minimum absolute atomic E-state index is 0.0569. The van der Waals surface area contributed by atoms with E-state index in [1.807, 2.05) is 6.92 Å². The number of hydrogen-bond acceptors (Lipinski definition) is 3. The molecule has 7 heteroatoms. The van der Waals surface area contributed by atoms with Gasteiger partial charge in [-0.3, -0.25) is 0 Å². The largest absolute Gasteiger partial charge is 0.478 e. The van der Waals surface area contributed by atoms with Gasteiger partial charge in [0.05, 0.1) is 5.56 Å². The van der Waals surface area contributed by atoms with Crippen LogP contribution in [0.25, 0.3) is 0 Å². The average Bonchev–Trinajstić information content (AvgIpc) is 3.19. The highest BCUT2D eigenvalue weighted by atomic mass is 32.2. The van der Waals surface area contributed by atoms with Gasteiger partial charge in [-0.2, -0.15) is 4.31 Å². The zero-order chi connectivity index (χ0) is 14.9. The van der Waals surface area contributed by atoms with Gasteiger partial charge in [-0.1, -0.05) is 6.92 Å². The molecular formula is C13H16FNO4S. The Hall–Kier alpha value is -1.47. The predicted molar refractivity (Wildman–Crippen MR) is 70.6 cm³/mol. The molecule has 0 bridgehead atoms. The van der Waals surface area contributed by atoms with E-state index >= 15 is 0 Å². The molecule has 1 N–H and O–H groups in total. The zero-order valence-corrected chi connectivity index (χ0v) is 11.9. The maximum atomic E-state index is 13.9. The summed E-state index contributed by atoms with van der Waals surface area (Å²) in [5.74, 6) is -2.31. The molecule has 1 aromatic carbocycles. The molecule has 5 nitrogen and oxygen atoms in total. The van der Waals surface area contributed by atoms with Crippen LogP contribution in [-0.4, -0.2) is 36.4 Å². The molecule has 0 saturated heterocycles. The van der Waals surface area contributed by atoms with E-state index in [2.05, 4.69) is 0 Å². The van der Waals surface area contributed by atoms with Gasteiger partial charge in [-0.25, -0.2) is 17.6 Å². The van der Waals surface area contributed by atoms with Crippen LogP contribution in [0.4, 0.5) is 4.39 Å². The lowest BCUT2D eigenvalue weighted by molar-refractivity contribution is 0.0696. The van der Waals surface area contributed by atoms with Crippen molar-refractivity contribution in [2.45, 2.75) is 37.1 Å². The lowest BCUT2D eigenvalue weighted by Crippen LogP contribution is -2.34. The van der Waals surface area contributed by atoms with Crippen molar-refractivity contribution in [2.24, 2.45) is 0 Å². The first-order valence-corrected chi connectivity index (χ1v) is 7.86. The van der Waals surface area contributed by atoms with E-state index in [0.717, 1.165) is 31.0 Å². The molecule has 0 atom stereocenters. The molecule has 0 aromatic heterocycles. The number of sulfonamides is 1. The molecule has 110 valence electrons. The molecule has 1 aromatic rings. The lowest BCUT2D eigenvalue weighted by atomic mass is 10.2. The van der Waals surface area contributed by atoms with Crippen molar-refractivity contribution in [3.63, 3.8) is 0 Å². The van der Waals surface area contributed by atoms with E-state index < -0.39 is 26.7 Å². The summed E-state index contributed by atoms with van der Waals surface area (Å²) in [6, 6.07) is 2.82. The third-order valence-electron chi connectivity index (χ3n) is 3.16. The number of aromatic carboxylic acids is 1. The van der Waals surface area contributed by atoms with Crippen LogP contribution < -0.4 is 0 Å². The van der Waals surface area contributed by atoms with Crippen molar-refractivity contribution in [1.29, 1.82) is 0 Å². The minimum Gasteiger partial charge on any atom is -0.478 e. The Morgan fingerprint density at radius 3 is 2.55 bits per heavy atom. The lowest BCUT2D eigenvalue weighted by Gasteiger charge is -2.21. The molecule has 1 aliphatic carbocycles. The summed E-state index contributed by atoms with van der Waals surface area (Å²) < 4.78 is 40.1. The molecule has 1 fully saturated rings. The molecule has 0 unspecified atom stereocenters. The van der Waals surface area contributed by atoms with Crippen LogP contribution in [-0.2, 0) is 10.0 Å². The van der Waals surface area contributed by atoms with E-state index in [0.29, 0.717) is 13.0 Å². The Kier molecular flexibility index (Phi) is 4.10. The molecule has 1 aliphatic rings. The van der Waals surface area contributed by atoms with Gasteiger partial charge in [0, 0.05) is 12.6 Å². The van der Waals surface area contributed by atoms with E-state index in [1.165, 1.54) is 4.31 Å². The Morgan fingerprint density at radius 2 is 2.10 bits per heavy atom. The Balaban J connectivity index is 2.40. The van der Waals surface area contributed by atoms with Crippen LogP contribution in [0.1, 0.15) is 36.5 Å². The third kappa shape index (κ3) is 2.83. The van der Waals surface area contributed by atoms with E-state index in [4.69, 9.17) is 5.11 Å². The summed E-state index contributed by atoms with van der Waals surface area (Å²) in [5.41, 5.74) is -0.269. The van der Waals surface area contributed by atoms with Gasteiger partial charge in [-0.05, 0) is 37.5 Å². The summed E-state index contributed by atoms with van der Waals surface area (Å²) in [6.45, 7) is 2.20. The fourth-order valence-corrected chi connectivity index (χ4v) is 3.88. The maximum Gasteiger partial charge on any atom is 0.335 e. The summed E-state index contributed by atoms with van der Waals surface area (Å²) in [7, 11) is -3.91. The highest BCUT2D eigenvalue weighted by molar-refractivity contribution is 7.89. The number of hydrogen-bond donors (Lipinski definition) is 1. The van der Waals surface area contributed by atoms with E-state index in [9.17, 15) is 17.6 Å². The molecule has 2 rings (SSSR count). The monoisotopic (exact) mass is 301 g/mol. The van der Waals surface area contributed by atoms with Crippen molar-refractivity contribution in [1.82, 2.24) is 4.31 Å². The van der Waals surface area contributed by atoms with Crippen LogP contribution in [0, 0.1) is 5.82 Å². The van der Waals surface area contributed by atoms with Gasteiger partial charge in [0.2, 0.25) is 10.0 Å². The number of carboxylic acid groups (broad SMARTS) is 1. The van der Waals surface area contributed by atoms with Crippen molar-refractivity contribution < 1.29 is 22.7 Å². The fourth-order valence-electron chi connectivity index (χ4n) is 2.05. The third-order valence-corrected chi connectivity index (χ3v) is 5.15. The van der Waals surface area contributed by atoms with Crippen LogP contribution >= 0.6 is 0 Å². The summed E-state index contributed by atoms with van der Waals surface area (Å²) in [6.07, 6.45) is 2.21. The smallest absolute Gasteiger partial charge is 0.335 e. The Labute approximate surface area is 117 Å². The Morgan fingerprint density at radius 1 is 1.45 bits per heavy atom. The first-order valence-electron chi connectivity index (χ1n) is 6.42. The number of nitrogens with zero attached hydrogens (tertiary/aromatic N) is 1. The molecule has 0 heterocycles. The van der Waals surface area contributed by atoms with Gasteiger partial charge < -0.3 is 5.11 Å². The molecule has 0 aliphatic heterocycles. The van der Waals surface area contributed by atoms with Crippen molar-refractivity contribution in [3.05, 3.63) is 29.6 Å². The summed E-state index contributed by atoms with van der Waals surface area (Å²) >= 11 is 0. The molecule has 20 heavy (non-hydrogen) atoms.